The third-order valence-electron chi connectivity index (χ3n) is 5.80. The van der Waals surface area contributed by atoms with E-state index < -0.39 is 6.10 Å². The summed E-state index contributed by atoms with van der Waals surface area (Å²) < 4.78 is 11.6. The molecule has 7 nitrogen and oxygen atoms in total. The Morgan fingerprint density at radius 3 is 2.57 bits per heavy atom. The van der Waals surface area contributed by atoms with Gasteiger partial charge < -0.3 is 19.3 Å². The first-order chi connectivity index (χ1) is 14.5. The summed E-state index contributed by atoms with van der Waals surface area (Å²) in [7, 11) is 0. The summed E-state index contributed by atoms with van der Waals surface area (Å²) in [6, 6.07) is 7.46. The molecule has 1 unspecified atom stereocenters. The van der Waals surface area contributed by atoms with Gasteiger partial charge in [-0.15, -0.1) is 11.3 Å². The van der Waals surface area contributed by atoms with E-state index in [0.29, 0.717) is 24.6 Å². The number of carbonyl (C=O) groups excluding carboxylic acids is 1. The molecular formula is C22H24N4O3S. The second kappa shape index (κ2) is 7.43. The van der Waals surface area contributed by atoms with Crippen LogP contribution in [0.2, 0.25) is 0 Å². The van der Waals surface area contributed by atoms with Crippen molar-refractivity contribution in [3.05, 3.63) is 40.5 Å². The van der Waals surface area contributed by atoms with Crippen LogP contribution in [0.25, 0.3) is 10.2 Å². The third-order valence-corrected chi connectivity index (χ3v) is 6.90. The number of thiophene rings is 1. The summed E-state index contributed by atoms with van der Waals surface area (Å²) in [4.78, 5) is 28.8. The Morgan fingerprint density at radius 2 is 1.80 bits per heavy atom. The number of rotatable bonds is 2. The lowest BCUT2D eigenvalue weighted by Crippen LogP contribution is -2.54. The molecule has 1 amide bonds. The standard InChI is InChI=1S/C22H24N4O3S/c1-13-14(2)30-21-19(13)20(23-15(3)24-21)25-8-10-26(11-9-25)22(27)18-12-28-16-6-4-5-7-17(16)29-18/h4-7,18H,8-12H2,1-3H3. The highest BCUT2D eigenvalue weighted by Crippen LogP contribution is 2.35. The fraction of sp³-hybridized carbons (Fsp3) is 0.409. The van der Waals surface area contributed by atoms with Gasteiger partial charge in [0.15, 0.2) is 11.5 Å². The lowest BCUT2D eigenvalue weighted by Gasteiger charge is -2.37. The summed E-state index contributed by atoms with van der Waals surface area (Å²) in [6.45, 7) is 9.17. The third kappa shape index (κ3) is 3.25. The van der Waals surface area contributed by atoms with Crippen molar-refractivity contribution in [1.82, 2.24) is 14.9 Å². The molecule has 0 N–H and O–H groups in total. The number of nitrogens with zero attached hydrogens (tertiary/aromatic N) is 4. The molecule has 0 spiro atoms. The van der Waals surface area contributed by atoms with Crippen molar-refractivity contribution >= 4 is 33.3 Å². The van der Waals surface area contributed by atoms with Gasteiger partial charge in [-0.05, 0) is 38.5 Å². The molecule has 30 heavy (non-hydrogen) atoms. The quantitative estimate of drug-likeness (QED) is 0.630. The summed E-state index contributed by atoms with van der Waals surface area (Å²) in [5.74, 6) is 3.07. The van der Waals surface area contributed by atoms with Gasteiger partial charge in [-0.1, -0.05) is 12.1 Å². The molecule has 8 heteroatoms. The number of aromatic nitrogens is 2. The number of ether oxygens (including phenoxy) is 2. The van der Waals surface area contributed by atoms with Crippen LogP contribution in [0.4, 0.5) is 5.82 Å². The summed E-state index contributed by atoms with van der Waals surface area (Å²) in [6.07, 6.45) is -0.596. The molecule has 2 aliphatic heterocycles. The molecule has 0 bridgehead atoms. The minimum atomic E-state index is -0.596. The number of hydrogen-bond acceptors (Lipinski definition) is 7. The van der Waals surface area contributed by atoms with Gasteiger partial charge in [0, 0.05) is 31.1 Å². The van der Waals surface area contributed by atoms with Crippen LogP contribution in [-0.2, 0) is 4.79 Å². The highest BCUT2D eigenvalue weighted by atomic mass is 32.1. The van der Waals surface area contributed by atoms with Gasteiger partial charge in [0.25, 0.3) is 5.91 Å². The van der Waals surface area contributed by atoms with Crippen molar-refractivity contribution in [3.63, 3.8) is 0 Å². The highest BCUT2D eigenvalue weighted by molar-refractivity contribution is 7.18. The Labute approximate surface area is 179 Å². The Hall–Kier alpha value is -2.87. The first-order valence-corrected chi connectivity index (χ1v) is 11.0. The predicted octanol–water partition coefficient (Wildman–Crippen LogP) is 3.11. The molecule has 5 rings (SSSR count). The summed E-state index contributed by atoms with van der Waals surface area (Å²) in [5.41, 5.74) is 1.25. The maximum absolute atomic E-state index is 13.0. The van der Waals surface area contributed by atoms with Gasteiger partial charge >= 0.3 is 0 Å². The van der Waals surface area contributed by atoms with Crippen LogP contribution < -0.4 is 14.4 Å². The molecule has 3 aromatic rings. The maximum atomic E-state index is 13.0. The topological polar surface area (TPSA) is 67.8 Å². The second-order valence-electron chi connectivity index (χ2n) is 7.73. The summed E-state index contributed by atoms with van der Waals surface area (Å²) in [5, 5.41) is 1.14. The van der Waals surface area contributed by atoms with Crippen molar-refractivity contribution in [2.24, 2.45) is 0 Å². The molecule has 2 aliphatic rings. The Morgan fingerprint density at radius 1 is 1.07 bits per heavy atom. The van der Waals surface area contributed by atoms with E-state index in [2.05, 4.69) is 23.7 Å². The van der Waals surface area contributed by atoms with Gasteiger partial charge in [-0.3, -0.25) is 4.79 Å². The number of para-hydroxylation sites is 2. The van der Waals surface area contributed by atoms with Crippen molar-refractivity contribution in [1.29, 1.82) is 0 Å². The lowest BCUT2D eigenvalue weighted by atomic mass is 10.2. The van der Waals surface area contributed by atoms with Crippen LogP contribution in [0, 0.1) is 20.8 Å². The molecule has 1 saturated heterocycles. The van der Waals surface area contributed by atoms with Gasteiger partial charge in [0.1, 0.15) is 23.1 Å². The molecule has 2 aromatic heterocycles. The minimum Gasteiger partial charge on any atom is -0.485 e. The lowest BCUT2D eigenvalue weighted by molar-refractivity contribution is -0.141. The van der Waals surface area contributed by atoms with Gasteiger partial charge in [0.2, 0.25) is 6.10 Å². The number of fused-ring (bicyclic) bond motifs is 2. The van der Waals surface area contributed by atoms with Crippen LogP contribution in [0.1, 0.15) is 16.3 Å². The zero-order valence-corrected chi connectivity index (χ0v) is 18.2. The van der Waals surface area contributed by atoms with Gasteiger partial charge in [-0.25, -0.2) is 9.97 Å². The summed E-state index contributed by atoms with van der Waals surface area (Å²) >= 11 is 1.72. The van der Waals surface area contributed by atoms with E-state index in [9.17, 15) is 4.79 Å². The smallest absolute Gasteiger partial charge is 0.267 e. The molecule has 156 valence electrons. The normalized spacial score (nSPS) is 18.7. The first kappa shape index (κ1) is 19.1. The van der Waals surface area contributed by atoms with Gasteiger partial charge in [0.05, 0.1) is 5.39 Å². The molecule has 1 fully saturated rings. The van der Waals surface area contributed by atoms with Crippen LogP contribution in [0.5, 0.6) is 11.5 Å². The molecule has 1 atom stereocenters. The maximum Gasteiger partial charge on any atom is 0.267 e. The van der Waals surface area contributed by atoms with Crippen molar-refractivity contribution in [2.45, 2.75) is 26.9 Å². The number of benzene rings is 1. The molecule has 0 aliphatic carbocycles. The fourth-order valence-electron chi connectivity index (χ4n) is 4.04. The molecule has 4 heterocycles. The van der Waals surface area contributed by atoms with Crippen LogP contribution in [0.15, 0.2) is 24.3 Å². The molecule has 0 radical (unpaired) electrons. The zero-order valence-electron chi connectivity index (χ0n) is 17.3. The molecule has 1 aromatic carbocycles. The average Bonchev–Trinajstić information content (AvgIpc) is 3.05. The van der Waals surface area contributed by atoms with Crippen LogP contribution in [0.3, 0.4) is 0 Å². The predicted molar refractivity (Wildman–Crippen MR) is 117 cm³/mol. The number of amides is 1. The number of carbonyl (C=O) groups is 1. The van der Waals surface area contributed by atoms with Crippen LogP contribution >= 0.6 is 11.3 Å². The Kier molecular flexibility index (Phi) is 4.73. The molecule has 0 saturated carbocycles. The van der Waals surface area contributed by atoms with E-state index in [1.165, 1.54) is 10.4 Å². The highest BCUT2D eigenvalue weighted by Gasteiger charge is 2.33. The number of anilines is 1. The van der Waals surface area contributed by atoms with E-state index in [1.807, 2.05) is 36.1 Å². The first-order valence-electron chi connectivity index (χ1n) is 10.2. The fourth-order valence-corrected chi connectivity index (χ4v) is 5.11. The van der Waals surface area contributed by atoms with E-state index >= 15 is 0 Å². The minimum absolute atomic E-state index is 0.0178. The van der Waals surface area contributed by atoms with Crippen molar-refractivity contribution < 1.29 is 14.3 Å². The monoisotopic (exact) mass is 424 g/mol. The number of aryl methyl sites for hydroxylation is 3. The van der Waals surface area contributed by atoms with E-state index in [1.54, 1.807) is 11.3 Å². The largest absolute Gasteiger partial charge is 0.485 e. The van der Waals surface area contributed by atoms with Crippen molar-refractivity contribution in [3.8, 4) is 11.5 Å². The zero-order chi connectivity index (χ0) is 20.8. The van der Waals surface area contributed by atoms with Crippen LogP contribution in [-0.4, -0.2) is 59.7 Å². The second-order valence-corrected chi connectivity index (χ2v) is 8.94. The van der Waals surface area contributed by atoms with E-state index in [-0.39, 0.29) is 12.5 Å². The SMILES string of the molecule is Cc1nc(N2CCN(C(=O)C3COc4ccccc4O3)CC2)c2c(C)c(C)sc2n1. The Bertz CT molecular complexity index is 1120. The average molecular weight is 425 g/mol. The van der Waals surface area contributed by atoms with Gasteiger partial charge in [-0.2, -0.15) is 0 Å². The Balaban J connectivity index is 1.30. The van der Waals surface area contributed by atoms with E-state index in [4.69, 9.17) is 14.5 Å². The van der Waals surface area contributed by atoms with E-state index in [0.717, 1.165) is 34.9 Å². The number of piperazine rings is 1. The molecular weight excluding hydrogens is 400 g/mol. The van der Waals surface area contributed by atoms with Crippen molar-refractivity contribution in [2.75, 3.05) is 37.7 Å². The number of hydrogen-bond donors (Lipinski definition) is 0.